The standard InChI is InChI=1S/C20H23N7O3/c1-24-8-10-27(11-9-24)16-7-4-13(12-21-16)22-18(28)15-6-5-14-17(23-15)25(2)20(30)26(3)19(14)29/h4-7,12H,8-11H2,1-3H3,(H,22,28). The molecule has 4 rings (SSSR count). The Kier molecular flexibility index (Phi) is 5.08. The molecular formula is C20H23N7O3. The lowest BCUT2D eigenvalue weighted by atomic mass is 10.2. The molecule has 0 saturated carbocycles. The zero-order valence-electron chi connectivity index (χ0n) is 17.1. The van der Waals surface area contributed by atoms with Crippen molar-refractivity contribution in [2.75, 3.05) is 43.4 Å². The minimum atomic E-state index is -0.499. The molecule has 1 amide bonds. The number of aryl methyl sites for hydroxylation is 1. The SMILES string of the molecule is CN1CCN(c2ccc(NC(=O)c3ccc4c(=O)n(C)c(=O)n(C)c4n3)cn2)CC1. The molecule has 1 aliphatic heterocycles. The molecule has 30 heavy (non-hydrogen) atoms. The van der Waals surface area contributed by atoms with Gasteiger partial charge in [0.1, 0.15) is 17.2 Å². The Bertz CT molecular complexity index is 1220. The van der Waals surface area contributed by atoms with E-state index in [2.05, 4.69) is 32.1 Å². The highest BCUT2D eigenvalue weighted by Crippen LogP contribution is 2.16. The Balaban J connectivity index is 1.54. The van der Waals surface area contributed by atoms with Gasteiger partial charge < -0.3 is 15.1 Å². The molecule has 3 aromatic heterocycles. The number of fused-ring (bicyclic) bond motifs is 1. The van der Waals surface area contributed by atoms with Crippen LogP contribution in [0.4, 0.5) is 11.5 Å². The van der Waals surface area contributed by atoms with E-state index in [0.717, 1.165) is 36.6 Å². The predicted octanol–water partition coefficient (Wildman–Crippen LogP) is 0.0313. The fourth-order valence-corrected chi connectivity index (χ4v) is 3.46. The number of amides is 1. The van der Waals surface area contributed by atoms with E-state index in [1.54, 1.807) is 12.3 Å². The van der Waals surface area contributed by atoms with Crippen molar-refractivity contribution in [1.29, 1.82) is 0 Å². The van der Waals surface area contributed by atoms with Crippen LogP contribution in [0.2, 0.25) is 0 Å². The molecule has 0 atom stereocenters. The summed E-state index contributed by atoms with van der Waals surface area (Å²) in [4.78, 5) is 50.2. The van der Waals surface area contributed by atoms with Gasteiger partial charge in [-0.3, -0.25) is 18.7 Å². The summed E-state index contributed by atoms with van der Waals surface area (Å²) < 4.78 is 2.26. The normalized spacial score (nSPS) is 14.8. The van der Waals surface area contributed by atoms with Crippen molar-refractivity contribution in [3.8, 4) is 0 Å². The lowest BCUT2D eigenvalue weighted by Gasteiger charge is -2.33. The van der Waals surface area contributed by atoms with Gasteiger partial charge in [0.25, 0.3) is 11.5 Å². The maximum absolute atomic E-state index is 12.6. The lowest BCUT2D eigenvalue weighted by molar-refractivity contribution is 0.102. The van der Waals surface area contributed by atoms with Crippen molar-refractivity contribution >= 4 is 28.4 Å². The van der Waals surface area contributed by atoms with Crippen LogP contribution in [0, 0.1) is 0 Å². The number of piperazine rings is 1. The molecule has 4 heterocycles. The largest absolute Gasteiger partial charge is 0.354 e. The Morgan fingerprint density at radius 1 is 0.967 bits per heavy atom. The molecule has 0 radical (unpaired) electrons. The summed E-state index contributed by atoms with van der Waals surface area (Å²) >= 11 is 0. The number of aromatic nitrogens is 4. The third-order valence-corrected chi connectivity index (χ3v) is 5.37. The summed E-state index contributed by atoms with van der Waals surface area (Å²) in [6, 6.07) is 6.65. The summed E-state index contributed by atoms with van der Waals surface area (Å²) in [7, 11) is 5.02. The highest BCUT2D eigenvalue weighted by Gasteiger charge is 2.16. The number of carbonyl (C=O) groups excluding carboxylic acids is 1. The fraction of sp³-hybridized carbons (Fsp3) is 0.350. The molecule has 1 aliphatic rings. The van der Waals surface area contributed by atoms with E-state index in [1.165, 1.54) is 30.8 Å². The fourth-order valence-electron chi connectivity index (χ4n) is 3.46. The molecule has 0 aliphatic carbocycles. The third kappa shape index (κ3) is 3.57. The average Bonchev–Trinajstić information content (AvgIpc) is 2.77. The summed E-state index contributed by atoms with van der Waals surface area (Å²) in [5, 5.41) is 3.03. The van der Waals surface area contributed by atoms with Crippen LogP contribution in [0.25, 0.3) is 11.0 Å². The third-order valence-electron chi connectivity index (χ3n) is 5.37. The number of carbonyl (C=O) groups is 1. The number of hydrogen-bond donors (Lipinski definition) is 1. The van der Waals surface area contributed by atoms with E-state index in [1.807, 2.05) is 6.07 Å². The van der Waals surface area contributed by atoms with E-state index in [0.29, 0.717) is 5.69 Å². The van der Waals surface area contributed by atoms with Crippen molar-refractivity contribution in [2.45, 2.75) is 0 Å². The number of pyridine rings is 2. The van der Waals surface area contributed by atoms with Crippen LogP contribution in [0.15, 0.2) is 40.1 Å². The molecule has 1 fully saturated rings. The Morgan fingerprint density at radius 3 is 2.37 bits per heavy atom. The van der Waals surface area contributed by atoms with Gasteiger partial charge in [0.2, 0.25) is 0 Å². The second-order valence-corrected chi connectivity index (χ2v) is 7.42. The topological polar surface area (TPSA) is 105 Å². The lowest BCUT2D eigenvalue weighted by Crippen LogP contribution is -2.44. The summed E-state index contributed by atoms with van der Waals surface area (Å²) in [5.41, 5.74) is -0.136. The highest BCUT2D eigenvalue weighted by atomic mass is 16.2. The first kappa shape index (κ1) is 19.8. The van der Waals surface area contributed by atoms with Crippen LogP contribution in [0.3, 0.4) is 0 Å². The zero-order chi connectivity index (χ0) is 21.4. The molecular weight excluding hydrogens is 386 g/mol. The van der Waals surface area contributed by atoms with Crippen LogP contribution in [0.1, 0.15) is 10.5 Å². The summed E-state index contributed by atoms with van der Waals surface area (Å²) in [6.45, 7) is 3.79. The van der Waals surface area contributed by atoms with Gasteiger partial charge in [-0.2, -0.15) is 0 Å². The molecule has 3 aromatic rings. The zero-order valence-corrected chi connectivity index (χ0v) is 17.1. The second-order valence-electron chi connectivity index (χ2n) is 7.42. The molecule has 10 heteroatoms. The van der Waals surface area contributed by atoms with E-state index in [4.69, 9.17) is 0 Å². The Hall–Kier alpha value is -3.53. The van der Waals surface area contributed by atoms with Gasteiger partial charge in [0.15, 0.2) is 0 Å². The monoisotopic (exact) mass is 409 g/mol. The van der Waals surface area contributed by atoms with Crippen molar-refractivity contribution in [3.05, 3.63) is 57.0 Å². The molecule has 1 N–H and O–H groups in total. The molecule has 0 spiro atoms. The first-order valence-corrected chi connectivity index (χ1v) is 9.63. The first-order chi connectivity index (χ1) is 14.3. The van der Waals surface area contributed by atoms with Gasteiger partial charge in [0.05, 0.1) is 17.3 Å². The summed E-state index contributed by atoms with van der Waals surface area (Å²) in [5.74, 6) is 0.426. The van der Waals surface area contributed by atoms with Gasteiger partial charge >= 0.3 is 5.69 Å². The van der Waals surface area contributed by atoms with E-state index < -0.39 is 17.2 Å². The molecule has 0 unspecified atom stereocenters. The van der Waals surface area contributed by atoms with E-state index in [-0.39, 0.29) is 16.7 Å². The first-order valence-electron chi connectivity index (χ1n) is 9.63. The molecule has 0 bridgehead atoms. The molecule has 1 saturated heterocycles. The van der Waals surface area contributed by atoms with Gasteiger partial charge in [-0.25, -0.2) is 14.8 Å². The molecule has 0 aromatic carbocycles. The van der Waals surface area contributed by atoms with Crippen LogP contribution >= 0.6 is 0 Å². The predicted molar refractivity (Wildman–Crippen MR) is 114 cm³/mol. The van der Waals surface area contributed by atoms with Crippen LogP contribution in [0.5, 0.6) is 0 Å². The Labute approximate surface area is 172 Å². The van der Waals surface area contributed by atoms with Crippen molar-refractivity contribution in [3.63, 3.8) is 0 Å². The van der Waals surface area contributed by atoms with Crippen LogP contribution < -0.4 is 21.5 Å². The van der Waals surface area contributed by atoms with E-state index >= 15 is 0 Å². The number of likely N-dealkylation sites (N-methyl/N-ethyl adjacent to an activating group) is 1. The van der Waals surface area contributed by atoms with Gasteiger partial charge in [-0.1, -0.05) is 0 Å². The smallest absolute Gasteiger partial charge is 0.332 e. The van der Waals surface area contributed by atoms with E-state index in [9.17, 15) is 14.4 Å². The number of hydrogen-bond acceptors (Lipinski definition) is 7. The number of rotatable bonds is 3. The van der Waals surface area contributed by atoms with Gasteiger partial charge in [-0.05, 0) is 31.3 Å². The van der Waals surface area contributed by atoms with Crippen LogP contribution in [-0.4, -0.2) is 63.1 Å². The van der Waals surface area contributed by atoms with Gasteiger partial charge in [0, 0.05) is 40.3 Å². The Morgan fingerprint density at radius 2 is 1.70 bits per heavy atom. The highest BCUT2D eigenvalue weighted by molar-refractivity contribution is 6.03. The van der Waals surface area contributed by atoms with Crippen molar-refractivity contribution in [2.24, 2.45) is 14.1 Å². The maximum Gasteiger partial charge on any atom is 0.332 e. The average molecular weight is 409 g/mol. The number of anilines is 2. The summed E-state index contributed by atoms with van der Waals surface area (Å²) in [6.07, 6.45) is 1.61. The minimum absolute atomic E-state index is 0.105. The van der Waals surface area contributed by atoms with Crippen molar-refractivity contribution in [1.82, 2.24) is 24.0 Å². The molecule has 156 valence electrons. The van der Waals surface area contributed by atoms with Crippen molar-refractivity contribution < 1.29 is 4.79 Å². The second kappa shape index (κ2) is 7.71. The van der Waals surface area contributed by atoms with Gasteiger partial charge in [-0.15, -0.1) is 0 Å². The maximum atomic E-state index is 12.6. The quantitative estimate of drug-likeness (QED) is 0.651. The number of nitrogens with zero attached hydrogens (tertiary/aromatic N) is 6. The number of nitrogens with one attached hydrogen (secondary N) is 1. The van der Waals surface area contributed by atoms with Crippen LogP contribution in [-0.2, 0) is 14.1 Å². The minimum Gasteiger partial charge on any atom is -0.354 e. The molecule has 10 nitrogen and oxygen atoms in total.